The summed E-state index contributed by atoms with van der Waals surface area (Å²) in [6, 6.07) is 30.4. The zero-order chi connectivity index (χ0) is 20.3. The van der Waals surface area contributed by atoms with Crippen molar-refractivity contribution in [2.24, 2.45) is 0 Å². The minimum atomic E-state index is 0.0120. The molecule has 2 heterocycles. The standard InChI is InChI=1S/C28H22N2/c1-28(2)23-8-4-3-7-22(23)26-24(28)15-12-20-16-18-30(27(20)26)21-13-10-19(11-14-21)25-9-5-6-17-29-25/h3-18H,1-2H3. The third-order valence-corrected chi connectivity index (χ3v) is 6.50. The second-order valence-electron chi connectivity index (χ2n) is 8.54. The smallest absolute Gasteiger partial charge is 0.0701 e. The van der Waals surface area contributed by atoms with Crippen LogP contribution in [0.15, 0.2) is 97.3 Å². The van der Waals surface area contributed by atoms with Gasteiger partial charge in [0.15, 0.2) is 0 Å². The van der Waals surface area contributed by atoms with Crippen molar-refractivity contribution in [1.29, 1.82) is 0 Å². The van der Waals surface area contributed by atoms with Crippen LogP contribution in [0.3, 0.4) is 0 Å². The number of pyridine rings is 1. The fourth-order valence-electron chi connectivity index (χ4n) is 4.96. The van der Waals surface area contributed by atoms with Crippen LogP contribution < -0.4 is 0 Å². The monoisotopic (exact) mass is 386 g/mol. The molecule has 1 aliphatic carbocycles. The third-order valence-electron chi connectivity index (χ3n) is 6.50. The summed E-state index contributed by atoms with van der Waals surface area (Å²) in [5.41, 5.74) is 10.1. The minimum absolute atomic E-state index is 0.0120. The average molecular weight is 386 g/mol. The van der Waals surface area contributed by atoms with Gasteiger partial charge in [-0.25, -0.2) is 0 Å². The molecule has 0 fully saturated rings. The van der Waals surface area contributed by atoms with E-state index in [1.165, 1.54) is 38.8 Å². The van der Waals surface area contributed by atoms with Gasteiger partial charge in [-0.3, -0.25) is 4.98 Å². The van der Waals surface area contributed by atoms with Crippen molar-refractivity contribution in [3.8, 4) is 28.1 Å². The van der Waals surface area contributed by atoms with E-state index in [1.807, 2.05) is 24.4 Å². The highest BCUT2D eigenvalue weighted by molar-refractivity contribution is 6.01. The van der Waals surface area contributed by atoms with Gasteiger partial charge in [-0.1, -0.05) is 68.4 Å². The number of hydrogen-bond donors (Lipinski definition) is 0. The number of rotatable bonds is 2. The molecular formula is C28H22N2. The highest BCUT2D eigenvalue weighted by Gasteiger charge is 2.36. The van der Waals surface area contributed by atoms with Gasteiger partial charge in [-0.15, -0.1) is 0 Å². The summed E-state index contributed by atoms with van der Waals surface area (Å²) >= 11 is 0. The van der Waals surface area contributed by atoms with Crippen molar-refractivity contribution in [3.63, 3.8) is 0 Å². The molecule has 5 aromatic rings. The molecule has 0 aliphatic heterocycles. The SMILES string of the molecule is CC1(C)c2ccccc2-c2c1ccc1ccn(-c3ccc(-c4ccccn4)cc3)c21. The van der Waals surface area contributed by atoms with E-state index in [2.05, 4.69) is 96.3 Å². The van der Waals surface area contributed by atoms with Crippen LogP contribution in [0.5, 0.6) is 0 Å². The van der Waals surface area contributed by atoms with E-state index in [4.69, 9.17) is 0 Å². The molecule has 30 heavy (non-hydrogen) atoms. The van der Waals surface area contributed by atoms with Crippen molar-refractivity contribution < 1.29 is 0 Å². The fourth-order valence-corrected chi connectivity index (χ4v) is 4.96. The lowest BCUT2D eigenvalue weighted by atomic mass is 9.82. The molecule has 6 rings (SSSR count). The first-order valence-corrected chi connectivity index (χ1v) is 10.4. The summed E-state index contributed by atoms with van der Waals surface area (Å²) in [6.07, 6.45) is 4.03. The highest BCUT2D eigenvalue weighted by Crippen LogP contribution is 2.51. The Kier molecular flexibility index (Phi) is 3.54. The van der Waals surface area contributed by atoms with Crippen LogP contribution in [-0.2, 0) is 5.41 Å². The minimum Gasteiger partial charge on any atom is -0.316 e. The van der Waals surface area contributed by atoms with E-state index in [0.717, 1.165) is 11.3 Å². The molecule has 2 aromatic heterocycles. The predicted octanol–water partition coefficient (Wildman–Crippen LogP) is 7.00. The van der Waals surface area contributed by atoms with Gasteiger partial charge >= 0.3 is 0 Å². The van der Waals surface area contributed by atoms with Gasteiger partial charge in [0.05, 0.1) is 11.2 Å². The van der Waals surface area contributed by atoms with Crippen LogP contribution in [0, 0.1) is 0 Å². The summed E-state index contributed by atoms with van der Waals surface area (Å²) in [4.78, 5) is 4.47. The van der Waals surface area contributed by atoms with Crippen LogP contribution in [0.1, 0.15) is 25.0 Å². The third kappa shape index (κ3) is 2.34. The lowest BCUT2D eigenvalue weighted by Gasteiger charge is -2.21. The predicted molar refractivity (Wildman–Crippen MR) is 124 cm³/mol. The number of hydrogen-bond acceptors (Lipinski definition) is 1. The second-order valence-corrected chi connectivity index (χ2v) is 8.54. The van der Waals surface area contributed by atoms with Gasteiger partial charge in [-0.05, 0) is 47.0 Å². The Labute approximate surface area is 176 Å². The molecular weight excluding hydrogens is 364 g/mol. The summed E-state index contributed by atoms with van der Waals surface area (Å²) in [7, 11) is 0. The first-order chi connectivity index (χ1) is 14.6. The van der Waals surface area contributed by atoms with Gasteiger partial charge in [0.25, 0.3) is 0 Å². The molecule has 0 saturated carbocycles. The Balaban J connectivity index is 1.56. The van der Waals surface area contributed by atoms with E-state index in [0.29, 0.717) is 0 Å². The van der Waals surface area contributed by atoms with E-state index >= 15 is 0 Å². The molecule has 144 valence electrons. The first-order valence-electron chi connectivity index (χ1n) is 10.4. The molecule has 0 bridgehead atoms. The Bertz CT molecular complexity index is 1390. The van der Waals surface area contributed by atoms with Crippen molar-refractivity contribution in [2.45, 2.75) is 19.3 Å². The molecule has 0 radical (unpaired) electrons. The summed E-state index contributed by atoms with van der Waals surface area (Å²) in [5, 5.41) is 1.27. The topological polar surface area (TPSA) is 17.8 Å². The lowest BCUT2D eigenvalue weighted by Crippen LogP contribution is -2.14. The Morgan fingerprint density at radius 3 is 2.33 bits per heavy atom. The lowest BCUT2D eigenvalue weighted by molar-refractivity contribution is 0.661. The maximum atomic E-state index is 4.47. The molecule has 0 spiro atoms. The molecule has 1 aliphatic rings. The summed E-state index contributed by atoms with van der Waals surface area (Å²) in [5.74, 6) is 0. The highest BCUT2D eigenvalue weighted by atomic mass is 15.0. The Morgan fingerprint density at radius 1 is 0.733 bits per heavy atom. The van der Waals surface area contributed by atoms with Crippen LogP contribution in [0.25, 0.3) is 39.0 Å². The average Bonchev–Trinajstić information content (AvgIpc) is 3.32. The quantitative estimate of drug-likeness (QED) is 0.319. The van der Waals surface area contributed by atoms with Gasteiger partial charge in [0, 0.05) is 40.0 Å². The zero-order valence-corrected chi connectivity index (χ0v) is 17.1. The maximum absolute atomic E-state index is 4.47. The fraction of sp³-hybridized carbons (Fsp3) is 0.107. The van der Waals surface area contributed by atoms with Crippen molar-refractivity contribution in [3.05, 3.63) is 108 Å². The normalized spacial score (nSPS) is 13.9. The number of benzene rings is 3. The summed E-state index contributed by atoms with van der Waals surface area (Å²) in [6.45, 7) is 4.66. The summed E-state index contributed by atoms with van der Waals surface area (Å²) < 4.78 is 2.33. The van der Waals surface area contributed by atoms with Crippen LogP contribution in [0.2, 0.25) is 0 Å². The molecule has 2 heteroatoms. The van der Waals surface area contributed by atoms with Crippen LogP contribution in [-0.4, -0.2) is 9.55 Å². The van der Waals surface area contributed by atoms with Crippen LogP contribution >= 0.6 is 0 Å². The first kappa shape index (κ1) is 17.2. The Morgan fingerprint density at radius 2 is 1.53 bits per heavy atom. The van der Waals surface area contributed by atoms with E-state index in [1.54, 1.807) is 0 Å². The zero-order valence-electron chi connectivity index (χ0n) is 17.1. The number of fused-ring (bicyclic) bond motifs is 5. The van der Waals surface area contributed by atoms with E-state index in [-0.39, 0.29) is 5.41 Å². The second kappa shape index (κ2) is 6.17. The molecule has 0 saturated heterocycles. The molecule has 3 aromatic carbocycles. The van der Waals surface area contributed by atoms with E-state index in [9.17, 15) is 0 Å². The van der Waals surface area contributed by atoms with Crippen molar-refractivity contribution >= 4 is 10.9 Å². The molecule has 0 unspecified atom stereocenters. The number of aromatic nitrogens is 2. The molecule has 0 N–H and O–H groups in total. The molecule has 0 amide bonds. The van der Waals surface area contributed by atoms with E-state index < -0.39 is 0 Å². The Hall–Kier alpha value is -3.65. The van der Waals surface area contributed by atoms with Gasteiger partial charge in [0.1, 0.15) is 0 Å². The van der Waals surface area contributed by atoms with Crippen molar-refractivity contribution in [2.75, 3.05) is 0 Å². The molecule has 0 atom stereocenters. The van der Waals surface area contributed by atoms with Crippen LogP contribution in [0.4, 0.5) is 0 Å². The van der Waals surface area contributed by atoms with Crippen molar-refractivity contribution in [1.82, 2.24) is 9.55 Å². The van der Waals surface area contributed by atoms with Gasteiger partial charge < -0.3 is 4.57 Å². The molecule has 2 nitrogen and oxygen atoms in total. The van der Waals surface area contributed by atoms with Gasteiger partial charge in [0.2, 0.25) is 0 Å². The number of nitrogens with zero attached hydrogens (tertiary/aromatic N) is 2. The maximum Gasteiger partial charge on any atom is 0.0701 e. The van der Waals surface area contributed by atoms with Gasteiger partial charge in [-0.2, -0.15) is 0 Å². The largest absolute Gasteiger partial charge is 0.316 e.